The predicted octanol–water partition coefficient (Wildman–Crippen LogP) is 1.49. The smallest absolute Gasteiger partial charge is 0.322 e. The van der Waals surface area contributed by atoms with Crippen molar-refractivity contribution in [3.63, 3.8) is 0 Å². The highest BCUT2D eigenvalue weighted by Crippen LogP contribution is 2.32. The Kier molecular flexibility index (Phi) is 4.36. The monoisotopic (exact) mass is 319 g/mol. The molecule has 2 saturated heterocycles. The summed E-state index contributed by atoms with van der Waals surface area (Å²) in [5, 5.41) is 4.62. The molecule has 0 bridgehead atoms. The maximum absolute atomic E-state index is 12.6. The van der Waals surface area contributed by atoms with Crippen molar-refractivity contribution >= 4 is 17.8 Å². The summed E-state index contributed by atoms with van der Waals surface area (Å²) in [6.45, 7) is 2.67. The second kappa shape index (κ2) is 6.44. The third-order valence-electron chi connectivity index (χ3n) is 4.42. The number of imide groups is 1. The van der Waals surface area contributed by atoms with Gasteiger partial charge in [-0.2, -0.15) is 0 Å². The van der Waals surface area contributed by atoms with Crippen LogP contribution >= 0.6 is 0 Å². The second-order valence-corrected chi connectivity index (χ2v) is 5.98. The number of aryl methyl sites for hydroxylation is 1. The van der Waals surface area contributed by atoms with Crippen LogP contribution in [-0.4, -0.2) is 35.3 Å². The number of furan rings is 1. The average Bonchev–Trinajstić information content (AvgIpc) is 3.14. The van der Waals surface area contributed by atoms with Gasteiger partial charge in [-0.1, -0.05) is 6.92 Å². The van der Waals surface area contributed by atoms with E-state index in [2.05, 4.69) is 10.6 Å². The topological polar surface area (TPSA) is 91.7 Å². The lowest BCUT2D eigenvalue weighted by Gasteiger charge is -2.35. The van der Waals surface area contributed by atoms with Crippen LogP contribution in [0.5, 0.6) is 0 Å². The van der Waals surface area contributed by atoms with Gasteiger partial charge in [0.1, 0.15) is 17.6 Å². The Labute approximate surface area is 134 Å². The minimum absolute atomic E-state index is 0.0184. The summed E-state index contributed by atoms with van der Waals surface area (Å²) in [5.74, 6) is 1.13. The van der Waals surface area contributed by atoms with Crippen LogP contribution in [0.3, 0.4) is 0 Å². The third kappa shape index (κ3) is 3.23. The van der Waals surface area contributed by atoms with Gasteiger partial charge in [0.15, 0.2) is 0 Å². The van der Waals surface area contributed by atoms with E-state index in [1.165, 1.54) is 0 Å². The predicted molar refractivity (Wildman–Crippen MR) is 81.5 cm³/mol. The lowest BCUT2D eigenvalue weighted by Crippen LogP contribution is -2.42. The van der Waals surface area contributed by atoms with E-state index in [9.17, 15) is 14.4 Å². The first kappa shape index (κ1) is 15.6. The van der Waals surface area contributed by atoms with Crippen LogP contribution in [0.4, 0.5) is 4.79 Å². The first-order chi connectivity index (χ1) is 11.1. The Bertz CT molecular complexity index is 625. The number of nitrogens with zero attached hydrogens (tertiary/aromatic N) is 1. The highest BCUT2D eigenvalue weighted by Gasteiger charge is 2.36. The van der Waals surface area contributed by atoms with Crippen molar-refractivity contribution in [2.45, 2.75) is 51.1 Å². The fourth-order valence-corrected chi connectivity index (χ4v) is 3.18. The Morgan fingerprint density at radius 3 is 2.83 bits per heavy atom. The SMILES string of the molecule is CCc1ccc(C2CCCCN2C(=O)C[C@@H]2NC(=O)NC2=O)o1. The summed E-state index contributed by atoms with van der Waals surface area (Å²) in [6.07, 6.45) is 3.63. The van der Waals surface area contributed by atoms with Crippen LogP contribution in [0.25, 0.3) is 0 Å². The van der Waals surface area contributed by atoms with E-state index in [0.29, 0.717) is 6.54 Å². The average molecular weight is 319 g/mol. The number of rotatable bonds is 4. The van der Waals surface area contributed by atoms with Crippen molar-refractivity contribution in [3.05, 3.63) is 23.7 Å². The molecule has 0 saturated carbocycles. The van der Waals surface area contributed by atoms with E-state index in [0.717, 1.165) is 37.2 Å². The minimum atomic E-state index is -0.777. The standard InChI is InChI=1S/C16H21N3O4/c1-2-10-6-7-13(23-10)12-5-3-4-8-19(12)14(20)9-11-15(21)18-16(22)17-11/h6-7,11-12H,2-5,8-9H2,1H3,(H2,17,18,21,22)/t11-,12?/m0/s1. The molecule has 23 heavy (non-hydrogen) atoms. The molecular weight excluding hydrogens is 298 g/mol. The normalized spacial score (nSPS) is 24.5. The molecule has 124 valence electrons. The van der Waals surface area contributed by atoms with Crippen LogP contribution in [0, 0.1) is 0 Å². The maximum Gasteiger partial charge on any atom is 0.322 e. The molecule has 1 unspecified atom stereocenters. The van der Waals surface area contributed by atoms with Gasteiger partial charge in [-0.3, -0.25) is 14.9 Å². The van der Waals surface area contributed by atoms with Crippen molar-refractivity contribution in [2.75, 3.05) is 6.54 Å². The molecule has 3 heterocycles. The molecule has 0 radical (unpaired) electrons. The number of likely N-dealkylation sites (tertiary alicyclic amines) is 1. The summed E-state index contributed by atoms with van der Waals surface area (Å²) >= 11 is 0. The molecule has 2 fully saturated rings. The molecule has 0 spiro atoms. The number of amides is 4. The highest BCUT2D eigenvalue weighted by molar-refractivity contribution is 6.05. The molecule has 0 aromatic carbocycles. The zero-order valence-corrected chi connectivity index (χ0v) is 13.1. The van der Waals surface area contributed by atoms with Crippen LogP contribution in [-0.2, 0) is 16.0 Å². The van der Waals surface area contributed by atoms with Gasteiger partial charge in [0.25, 0.3) is 5.91 Å². The fraction of sp³-hybridized carbons (Fsp3) is 0.562. The lowest BCUT2D eigenvalue weighted by atomic mass is 9.99. The molecule has 2 aliphatic rings. The van der Waals surface area contributed by atoms with Crippen LogP contribution < -0.4 is 10.6 Å². The number of piperidine rings is 1. The number of hydrogen-bond donors (Lipinski definition) is 2. The number of hydrogen-bond acceptors (Lipinski definition) is 4. The molecular formula is C16H21N3O4. The maximum atomic E-state index is 12.6. The minimum Gasteiger partial charge on any atom is -0.464 e. The van der Waals surface area contributed by atoms with E-state index < -0.39 is 18.0 Å². The summed E-state index contributed by atoms with van der Waals surface area (Å²) in [6, 6.07) is 2.47. The Hall–Kier alpha value is -2.31. The van der Waals surface area contributed by atoms with Gasteiger partial charge < -0.3 is 14.6 Å². The van der Waals surface area contributed by atoms with E-state index >= 15 is 0 Å². The zero-order valence-electron chi connectivity index (χ0n) is 13.1. The highest BCUT2D eigenvalue weighted by atomic mass is 16.3. The van der Waals surface area contributed by atoms with Gasteiger partial charge in [0.05, 0.1) is 12.5 Å². The van der Waals surface area contributed by atoms with E-state index in [1.54, 1.807) is 4.90 Å². The zero-order chi connectivity index (χ0) is 16.4. The molecule has 7 nitrogen and oxygen atoms in total. The number of carbonyl (C=O) groups is 3. The molecule has 1 aromatic heterocycles. The van der Waals surface area contributed by atoms with Crippen molar-refractivity contribution < 1.29 is 18.8 Å². The molecule has 2 N–H and O–H groups in total. The first-order valence-electron chi connectivity index (χ1n) is 8.08. The van der Waals surface area contributed by atoms with Crippen molar-refractivity contribution in [1.82, 2.24) is 15.5 Å². The third-order valence-corrected chi connectivity index (χ3v) is 4.42. The number of nitrogens with one attached hydrogen (secondary N) is 2. The van der Waals surface area contributed by atoms with Crippen LogP contribution in [0.2, 0.25) is 0 Å². The van der Waals surface area contributed by atoms with Crippen molar-refractivity contribution in [2.24, 2.45) is 0 Å². The van der Waals surface area contributed by atoms with Gasteiger partial charge >= 0.3 is 6.03 Å². The van der Waals surface area contributed by atoms with E-state index in [1.807, 2.05) is 19.1 Å². The van der Waals surface area contributed by atoms with Crippen molar-refractivity contribution in [1.29, 1.82) is 0 Å². The molecule has 7 heteroatoms. The summed E-state index contributed by atoms with van der Waals surface area (Å²) in [5.41, 5.74) is 0. The molecule has 3 rings (SSSR count). The van der Waals surface area contributed by atoms with Crippen LogP contribution in [0.1, 0.15) is 50.2 Å². The van der Waals surface area contributed by atoms with Gasteiger partial charge in [0, 0.05) is 13.0 Å². The number of urea groups is 1. The van der Waals surface area contributed by atoms with Gasteiger partial charge in [-0.25, -0.2) is 4.79 Å². The van der Waals surface area contributed by atoms with E-state index in [4.69, 9.17) is 4.42 Å². The fourth-order valence-electron chi connectivity index (χ4n) is 3.18. The Morgan fingerprint density at radius 2 is 2.17 bits per heavy atom. The molecule has 4 amide bonds. The summed E-state index contributed by atoms with van der Waals surface area (Å²) in [7, 11) is 0. The Morgan fingerprint density at radius 1 is 1.35 bits per heavy atom. The van der Waals surface area contributed by atoms with E-state index in [-0.39, 0.29) is 18.4 Å². The lowest BCUT2D eigenvalue weighted by molar-refractivity contribution is -0.137. The van der Waals surface area contributed by atoms with Gasteiger partial charge in [-0.05, 0) is 31.4 Å². The molecule has 0 aliphatic carbocycles. The van der Waals surface area contributed by atoms with Gasteiger partial charge in [-0.15, -0.1) is 0 Å². The second-order valence-electron chi connectivity index (χ2n) is 5.98. The number of carbonyl (C=O) groups excluding carboxylic acids is 3. The molecule has 2 atom stereocenters. The Balaban J connectivity index is 1.71. The molecule has 1 aromatic rings. The summed E-state index contributed by atoms with van der Waals surface area (Å²) in [4.78, 5) is 37.2. The van der Waals surface area contributed by atoms with Crippen LogP contribution in [0.15, 0.2) is 16.5 Å². The quantitative estimate of drug-likeness (QED) is 0.823. The largest absolute Gasteiger partial charge is 0.464 e. The van der Waals surface area contributed by atoms with Crippen molar-refractivity contribution in [3.8, 4) is 0 Å². The summed E-state index contributed by atoms with van der Waals surface area (Å²) < 4.78 is 5.82. The van der Waals surface area contributed by atoms with Gasteiger partial charge in [0.2, 0.25) is 5.91 Å². The first-order valence-corrected chi connectivity index (χ1v) is 8.08. The molecule has 2 aliphatic heterocycles.